The van der Waals surface area contributed by atoms with Crippen LogP contribution in [-0.4, -0.2) is 37.1 Å². The molecule has 3 nitrogen and oxygen atoms in total. The van der Waals surface area contributed by atoms with E-state index >= 15 is 0 Å². The van der Waals surface area contributed by atoms with Gasteiger partial charge in [-0.2, -0.15) is 5.26 Å². The van der Waals surface area contributed by atoms with Crippen molar-refractivity contribution in [2.75, 3.05) is 26.2 Å². The average molecular weight is 215 g/mol. The summed E-state index contributed by atoms with van der Waals surface area (Å²) < 4.78 is 0. The van der Waals surface area contributed by atoms with Gasteiger partial charge in [-0.3, -0.25) is 10.2 Å². The zero-order valence-electron chi connectivity index (χ0n) is 9.39. The minimum atomic E-state index is 0.00419. The molecule has 1 unspecified atom stereocenters. The summed E-state index contributed by atoms with van der Waals surface area (Å²) in [7, 11) is 0. The highest BCUT2D eigenvalue weighted by atomic mass is 15.2. The van der Waals surface area contributed by atoms with Gasteiger partial charge in [0.1, 0.15) is 6.04 Å². The van der Waals surface area contributed by atoms with E-state index < -0.39 is 0 Å². The Labute approximate surface area is 96.7 Å². The van der Waals surface area contributed by atoms with Crippen molar-refractivity contribution in [3.05, 3.63) is 35.9 Å². The van der Waals surface area contributed by atoms with Crippen LogP contribution in [0.2, 0.25) is 0 Å². The van der Waals surface area contributed by atoms with Crippen molar-refractivity contribution in [1.82, 2.24) is 10.2 Å². The summed E-state index contributed by atoms with van der Waals surface area (Å²) in [6.45, 7) is 3.87. The van der Waals surface area contributed by atoms with E-state index in [0.717, 1.165) is 32.6 Å². The minimum absolute atomic E-state index is 0.00419. The second-order valence-corrected chi connectivity index (χ2v) is 4.17. The van der Waals surface area contributed by atoms with E-state index in [2.05, 4.69) is 40.6 Å². The smallest absolute Gasteiger partial charge is 0.108 e. The molecule has 3 heteroatoms. The Balaban J connectivity index is 1.80. The van der Waals surface area contributed by atoms with Crippen molar-refractivity contribution in [2.24, 2.45) is 0 Å². The van der Waals surface area contributed by atoms with E-state index in [0.29, 0.717) is 0 Å². The van der Waals surface area contributed by atoms with Gasteiger partial charge < -0.3 is 0 Å². The molecule has 2 rings (SSSR count). The normalized spacial score (nSPS) is 21.6. The lowest BCUT2D eigenvalue weighted by atomic mass is 10.1. The topological polar surface area (TPSA) is 39.1 Å². The summed E-state index contributed by atoms with van der Waals surface area (Å²) in [5.74, 6) is 0. The molecule has 1 aromatic rings. The fourth-order valence-electron chi connectivity index (χ4n) is 2.03. The summed E-state index contributed by atoms with van der Waals surface area (Å²) in [6, 6.07) is 12.8. The number of nitrogens with one attached hydrogen (secondary N) is 1. The van der Waals surface area contributed by atoms with Crippen molar-refractivity contribution in [1.29, 1.82) is 5.26 Å². The van der Waals surface area contributed by atoms with Gasteiger partial charge in [0, 0.05) is 26.2 Å². The van der Waals surface area contributed by atoms with Crippen LogP contribution in [-0.2, 0) is 6.42 Å². The SMILES string of the molecule is N#CC1CN(CCc2ccccc2)CCN1. The Morgan fingerprint density at radius 2 is 2.19 bits per heavy atom. The van der Waals surface area contributed by atoms with Crippen molar-refractivity contribution >= 4 is 0 Å². The first-order valence-electron chi connectivity index (χ1n) is 5.78. The average Bonchev–Trinajstić information content (AvgIpc) is 2.38. The molecule has 16 heavy (non-hydrogen) atoms. The van der Waals surface area contributed by atoms with Crippen LogP contribution in [0.5, 0.6) is 0 Å². The maximum atomic E-state index is 8.85. The fraction of sp³-hybridized carbons (Fsp3) is 0.462. The standard InChI is InChI=1S/C13H17N3/c14-10-13-11-16(9-7-15-13)8-6-12-4-2-1-3-5-12/h1-5,13,15H,6-9,11H2. The number of nitriles is 1. The van der Waals surface area contributed by atoms with E-state index in [9.17, 15) is 0 Å². The van der Waals surface area contributed by atoms with E-state index in [1.54, 1.807) is 0 Å². The Morgan fingerprint density at radius 3 is 2.94 bits per heavy atom. The lowest BCUT2D eigenvalue weighted by Crippen LogP contribution is -2.50. The zero-order valence-corrected chi connectivity index (χ0v) is 9.39. The number of hydrogen-bond donors (Lipinski definition) is 1. The van der Waals surface area contributed by atoms with Gasteiger partial charge in [0.15, 0.2) is 0 Å². The molecule has 1 fully saturated rings. The first kappa shape index (κ1) is 11.1. The highest BCUT2D eigenvalue weighted by Gasteiger charge is 2.17. The molecule has 0 bridgehead atoms. The second kappa shape index (κ2) is 5.64. The van der Waals surface area contributed by atoms with Crippen molar-refractivity contribution < 1.29 is 0 Å². The van der Waals surface area contributed by atoms with Gasteiger partial charge in [0.25, 0.3) is 0 Å². The van der Waals surface area contributed by atoms with Crippen LogP contribution in [0, 0.1) is 11.3 Å². The highest BCUT2D eigenvalue weighted by molar-refractivity contribution is 5.15. The molecule has 0 amide bonds. The molecule has 0 spiro atoms. The molecule has 1 saturated heterocycles. The minimum Gasteiger partial charge on any atom is -0.300 e. The molecule has 1 atom stereocenters. The maximum absolute atomic E-state index is 8.85. The van der Waals surface area contributed by atoms with Crippen molar-refractivity contribution in [3.8, 4) is 6.07 Å². The van der Waals surface area contributed by atoms with Crippen LogP contribution < -0.4 is 5.32 Å². The Hall–Kier alpha value is -1.37. The molecular formula is C13H17N3. The fourth-order valence-corrected chi connectivity index (χ4v) is 2.03. The first-order chi connectivity index (χ1) is 7.88. The Bertz CT molecular complexity index is 355. The molecular weight excluding hydrogens is 198 g/mol. The van der Waals surface area contributed by atoms with Crippen LogP contribution in [0.3, 0.4) is 0 Å². The van der Waals surface area contributed by atoms with Gasteiger partial charge in [0.2, 0.25) is 0 Å². The van der Waals surface area contributed by atoms with Crippen molar-refractivity contribution in [2.45, 2.75) is 12.5 Å². The van der Waals surface area contributed by atoms with E-state index in [-0.39, 0.29) is 6.04 Å². The highest BCUT2D eigenvalue weighted by Crippen LogP contribution is 2.03. The summed E-state index contributed by atoms with van der Waals surface area (Å²) in [5.41, 5.74) is 1.37. The van der Waals surface area contributed by atoms with E-state index in [1.165, 1.54) is 5.56 Å². The van der Waals surface area contributed by atoms with Gasteiger partial charge in [-0.1, -0.05) is 30.3 Å². The number of rotatable bonds is 3. The number of nitrogens with zero attached hydrogens (tertiary/aromatic N) is 2. The van der Waals surface area contributed by atoms with Gasteiger partial charge >= 0.3 is 0 Å². The van der Waals surface area contributed by atoms with Gasteiger partial charge in [0.05, 0.1) is 6.07 Å². The van der Waals surface area contributed by atoms with Crippen LogP contribution in [0.1, 0.15) is 5.56 Å². The van der Waals surface area contributed by atoms with Gasteiger partial charge in [-0.15, -0.1) is 0 Å². The summed E-state index contributed by atoms with van der Waals surface area (Å²) in [6.07, 6.45) is 1.07. The third kappa shape index (κ3) is 3.06. The Kier molecular flexibility index (Phi) is 3.92. The summed E-state index contributed by atoms with van der Waals surface area (Å²) in [5, 5.41) is 12.0. The zero-order chi connectivity index (χ0) is 11.2. The van der Waals surface area contributed by atoms with E-state index in [1.807, 2.05) is 6.07 Å². The summed E-state index contributed by atoms with van der Waals surface area (Å²) >= 11 is 0. The predicted octanol–water partition coefficient (Wildman–Crippen LogP) is 1.03. The molecule has 1 aliphatic rings. The van der Waals surface area contributed by atoms with E-state index in [4.69, 9.17) is 5.26 Å². The quantitative estimate of drug-likeness (QED) is 0.818. The number of piperazine rings is 1. The molecule has 1 aromatic carbocycles. The van der Waals surface area contributed by atoms with Crippen LogP contribution >= 0.6 is 0 Å². The molecule has 0 aliphatic carbocycles. The van der Waals surface area contributed by atoms with Crippen LogP contribution in [0.15, 0.2) is 30.3 Å². The third-order valence-electron chi connectivity index (χ3n) is 2.97. The summed E-state index contributed by atoms with van der Waals surface area (Å²) in [4.78, 5) is 2.36. The second-order valence-electron chi connectivity index (χ2n) is 4.17. The largest absolute Gasteiger partial charge is 0.300 e. The predicted molar refractivity (Wildman–Crippen MR) is 64.0 cm³/mol. The maximum Gasteiger partial charge on any atom is 0.108 e. The van der Waals surface area contributed by atoms with Crippen LogP contribution in [0.4, 0.5) is 0 Å². The Morgan fingerprint density at radius 1 is 1.38 bits per heavy atom. The lowest BCUT2D eigenvalue weighted by Gasteiger charge is -2.30. The molecule has 0 radical (unpaired) electrons. The molecule has 0 aromatic heterocycles. The number of benzene rings is 1. The lowest BCUT2D eigenvalue weighted by molar-refractivity contribution is 0.222. The van der Waals surface area contributed by atoms with Crippen LogP contribution in [0.25, 0.3) is 0 Å². The molecule has 1 heterocycles. The van der Waals surface area contributed by atoms with Gasteiger partial charge in [-0.05, 0) is 12.0 Å². The molecule has 1 N–H and O–H groups in total. The first-order valence-corrected chi connectivity index (χ1v) is 5.78. The molecule has 0 saturated carbocycles. The van der Waals surface area contributed by atoms with Gasteiger partial charge in [-0.25, -0.2) is 0 Å². The number of hydrogen-bond acceptors (Lipinski definition) is 3. The van der Waals surface area contributed by atoms with Crippen molar-refractivity contribution in [3.63, 3.8) is 0 Å². The monoisotopic (exact) mass is 215 g/mol. The third-order valence-corrected chi connectivity index (χ3v) is 2.97. The molecule has 1 aliphatic heterocycles. The molecule has 84 valence electrons.